The molecule has 0 aliphatic carbocycles. The molecule has 116 valence electrons. The predicted molar refractivity (Wildman–Crippen MR) is 60.0 cm³/mol. The Morgan fingerprint density at radius 2 is 1.86 bits per heavy atom. The van der Waals surface area contributed by atoms with Gasteiger partial charge in [-0.15, -0.1) is 0 Å². The molecule has 0 amide bonds. The number of benzene rings is 1. The molecule has 0 radical (unpaired) electrons. The van der Waals surface area contributed by atoms with Crippen molar-refractivity contribution in [3.8, 4) is 5.75 Å². The lowest BCUT2D eigenvalue weighted by molar-refractivity contribution is -0.384. The average molecular weight is 329 g/mol. The molecule has 21 heavy (non-hydrogen) atoms. The van der Waals surface area contributed by atoms with E-state index in [-0.39, 0.29) is 0 Å². The summed E-state index contributed by atoms with van der Waals surface area (Å²) in [6, 6.07) is 1.69. The van der Waals surface area contributed by atoms with Crippen LogP contribution < -0.4 is 4.18 Å². The molecule has 0 aliphatic rings. The number of nitro benzene ring substituents is 1. The van der Waals surface area contributed by atoms with E-state index >= 15 is 0 Å². The minimum Gasteiger partial charge on any atom is -0.465 e. The molecule has 0 heterocycles. The Labute approximate surface area is 115 Å². The van der Waals surface area contributed by atoms with Crippen LogP contribution in [0.4, 0.5) is 18.9 Å². The SMILES string of the molecule is COC(=O)c1cc(OS(=O)(=O)C(F)(F)F)cc([N+](=O)[O-])c1. The molecule has 0 fully saturated rings. The molecular formula is C9H6F3NO7S. The third kappa shape index (κ3) is 3.81. The zero-order chi connectivity index (χ0) is 16.4. The number of esters is 1. The highest BCUT2D eigenvalue weighted by Gasteiger charge is 2.48. The summed E-state index contributed by atoms with van der Waals surface area (Å²) in [6.45, 7) is 0. The molecule has 0 spiro atoms. The highest BCUT2D eigenvalue weighted by Crippen LogP contribution is 2.30. The number of rotatable bonds is 4. The zero-order valence-corrected chi connectivity index (χ0v) is 10.9. The van der Waals surface area contributed by atoms with Crippen molar-refractivity contribution in [3.05, 3.63) is 33.9 Å². The van der Waals surface area contributed by atoms with Gasteiger partial charge in [0.25, 0.3) is 5.69 Å². The second-order valence-electron chi connectivity index (χ2n) is 3.45. The van der Waals surface area contributed by atoms with E-state index in [1.165, 1.54) is 0 Å². The van der Waals surface area contributed by atoms with E-state index in [4.69, 9.17) is 0 Å². The van der Waals surface area contributed by atoms with Gasteiger partial charge in [-0.2, -0.15) is 21.6 Å². The normalized spacial score (nSPS) is 11.8. The number of hydrogen-bond acceptors (Lipinski definition) is 7. The van der Waals surface area contributed by atoms with Crippen LogP contribution >= 0.6 is 0 Å². The molecule has 0 bridgehead atoms. The minimum atomic E-state index is -6.02. The van der Waals surface area contributed by atoms with Crippen LogP contribution in [0.15, 0.2) is 18.2 Å². The van der Waals surface area contributed by atoms with Crippen molar-refractivity contribution in [2.45, 2.75) is 5.51 Å². The monoisotopic (exact) mass is 329 g/mol. The molecule has 0 atom stereocenters. The molecule has 8 nitrogen and oxygen atoms in total. The Balaban J connectivity index is 3.34. The first-order valence-electron chi connectivity index (χ1n) is 4.86. The highest BCUT2D eigenvalue weighted by atomic mass is 32.2. The second kappa shape index (κ2) is 5.55. The number of carbonyl (C=O) groups excluding carboxylic acids is 1. The number of ether oxygens (including phenoxy) is 1. The van der Waals surface area contributed by atoms with Gasteiger partial charge < -0.3 is 8.92 Å². The molecule has 0 N–H and O–H groups in total. The van der Waals surface area contributed by atoms with Crippen LogP contribution in [0.2, 0.25) is 0 Å². The van der Waals surface area contributed by atoms with Crippen LogP contribution in [0.5, 0.6) is 5.75 Å². The maximum Gasteiger partial charge on any atom is 0.534 e. The van der Waals surface area contributed by atoms with Crippen molar-refractivity contribution in [1.82, 2.24) is 0 Å². The van der Waals surface area contributed by atoms with Crippen LogP contribution in [-0.2, 0) is 14.9 Å². The molecule has 1 rings (SSSR count). The number of nitro groups is 1. The van der Waals surface area contributed by atoms with Gasteiger partial charge in [0.05, 0.1) is 23.7 Å². The average Bonchev–Trinajstić information content (AvgIpc) is 2.35. The number of halogens is 3. The highest BCUT2D eigenvalue weighted by molar-refractivity contribution is 7.88. The van der Waals surface area contributed by atoms with Crippen LogP contribution in [0.3, 0.4) is 0 Å². The van der Waals surface area contributed by atoms with E-state index in [1.54, 1.807) is 0 Å². The first-order chi connectivity index (χ1) is 9.48. The molecule has 0 aliphatic heterocycles. The number of nitrogens with zero attached hydrogens (tertiary/aromatic N) is 1. The molecule has 12 heteroatoms. The maximum atomic E-state index is 12.2. The van der Waals surface area contributed by atoms with Crippen molar-refractivity contribution in [2.24, 2.45) is 0 Å². The van der Waals surface area contributed by atoms with Gasteiger partial charge in [0.2, 0.25) is 0 Å². The fourth-order valence-corrected chi connectivity index (χ4v) is 1.59. The summed E-state index contributed by atoms with van der Waals surface area (Å²) in [6.07, 6.45) is 0. The number of non-ortho nitro benzene ring substituents is 1. The van der Waals surface area contributed by atoms with E-state index in [2.05, 4.69) is 8.92 Å². The van der Waals surface area contributed by atoms with E-state index in [0.29, 0.717) is 18.2 Å². The van der Waals surface area contributed by atoms with Crippen LogP contribution in [-0.4, -0.2) is 31.9 Å². The fraction of sp³-hybridized carbons (Fsp3) is 0.222. The Bertz CT molecular complexity index is 683. The first-order valence-corrected chi connectivity index (χ1v) is 6.27. The molecule has 0 saturated heterocycles. The van der Waals surface area contributed by atoms with Gasteiger partial charge in [-0.1, -0.05) is 0 Å². The Kier molecular flexibility index (Phi) is 4.41. The molecule has 0 unspecified atom stereocenters. The zero-order valence-electron chi connectivity index (χ0n) is 10.1. The van der Waals surface area contributed by atoms with Crippen molar-refractivity contribution in [3.63, 3.8) is 0 Å². The summed E-state index contributed by atoms with van der Waals surface area (Å²) >= 11 is 0. The van der Waals surface area contributed by atoms with Crippen LogP contribution in [0.1, 0.15) is 10.4 Å². The molecule has 1 aromatic rings. The lowest BCUT2D eigenvalue weighted by atomic mass is 10.2. The van der Waals surface area contributed by atoms with Gasteiger partial charge in [-0.25, -0.2) is 4.79 Å². The van der Waals surface area contributed by atoms with Crippen molar-refractivity contribution in [2.75, 3.05) is 7.11 Å². The summed E-state index contributed by atoms with van der Waals surface area (Å²) in [5.74, 6) is -2.16. The number of hydrogen-bond donors (Lipinski definition) is 0. The number of carbonyl (C=O) groups is 1. The third-order valence-electron chi connectivity index (χ3n) is 2.01. The summed E-state index contributed by atoms with van der Waals surface area (Å²) in [4.78, 5) is 20.8. The van der Waals surface area contributed by atoms with Crippen molar-refractivity contribution >= 4 is 21.8 Å². The molecule has 1 aromatic carbocycles. The fourth-order valence-electron chi connectivity index (χ4n) is 1.15. The van der Waals surface area contributed by atoms with Gasteiger partial charge in [0.15, 0.2) is 5.75 Å². The van der Waals surface area contributed by atoms with E-state index in [9.17, 15) is 36.5 Å². The molecule has 0 aromatic heterocycles. The van der Waals surface area contributed by atoms with Gasteiger partial charge in [0.1, 0.15) is 0 Å². The predicted octanol–water partition coefficient (Wildman–Crippen LogP) is 1.61. The molecule has 0 saturated carbocycles. The van der Waals surface area contributed by atoms with Crippen LogP contribution in [0, 0.1) is 10.1 Å². The van der Waals surface area contributed by atoms with Crippen molar-refractivity contribution in [1.29, 1.82) is 0 Å². The Morgan fingerprint density at radius 3 is 2.29 bits per heavy atom. The van der Waals surface area contributed by atoms with Gasteiger partial charge in [-0.3, -0.25) is 10.1 Å². The van der Waals surface area contributed by atoms with Crippen molar-refractivity contribution < 1.29 is 40.2 Å². The summed E-state index contributed by atoms with van der Waals surface area (Å²) < 4.78 is 66.1. The summed E-state index contributed by atoms with van der Waals surface area (Å²) in [5.41, 5.74) is -7.10. The lowest BCUT2D eigenvalue weighted by Gasteiger charge is -2.10. The van der Waals surface area contributed by atoms with E-state index in [1.807, 2.05) is 0 Å². The summed E-state index contributed by atoms with van der Waals surface area (Å²) in [5, 5.41) is 10.6. The smallest absolute Gasteiger partial charge is 0.465 e. The number of methoxy groups -OCH3 is 1. The molecular weight excluding hydrogens is 323 g/mol. The third-order valence-corrected chi connectivity index (χ3v) is 2.99. The largest absolute Gasteiger partial charge is 0.534 e. The van der Waals surface area contributed by atoms with Gasteiger partial charge in [-0.05, 0) is 6.07 Å². The van der Waals surface area contributed by atoms with Crippen LogP contribution in [0.25, 0.3) is 0 Å². The summed E-state index contributed by atoms with van der Waals surface area (Å²) in [7, 11) is -5.09. The Hall–Kier alpha value is -2.37. The minimum absolute atomic E-state index is 0.426. The van der Waals surface area contributed by atoms with Gasteiger partial charge in [0, 0.05) is 6.07 Å². The Morgan fingerprint density at radius 1 is 1.29 bits per heavy atom. The number of alkyl halides is 3. The topological polar surface area (TPSA) is 113 Å². The van der Waals surface area contributed by atoms with E-state index < -0.39 is 43.5 Å². The lowest BCUT2D eigenvalue weighted by Crippen LogP contribution is -2.28. The quantitative estimate of drug-likeness (QED) is 0.271. The standard InChI is InChI=1S/C9H6F3NO7S/c1-19-8(14)5-2-6(13(15)16)4-7(3-5)20-21(17,18)9(10,11)12/h2-4H,1H3. The van der Waals surface area contributed by atoms with E-state index in [0.717, 1.165) is 7.11 Å². The van der Waals surface area contributed by atoms with Gasteiger partial charge >= 0.3 is 21.6 Å². The first kappa shape index (κ1) is 16.7. The maximum absolute atomic E-state index is 12.2. The second-order valence-corrected chi connectivity index (χ2v) is 4.99.